The molecule has 0 unspecified atom stereocenters. The van der Waals surface area contributed by atoms with Crippen molar-refractivity contribution in [3.05, 3.63) is 46.3 Å². The number of nitrogens with zero attached hydrogens (tertiary/aromatic N) is 1. The van der Waals surface area contributed by atoms with Crippen LogP contribution in [0.2, 0.25) is 0 Å². The number of aryl methyl sites for hydroxylation is 2. The molecule has 4 nitrogen and oxygen atoms in total. The van der Waals surface area contributed by atoms with Gasteiger partial charge in [-0.05, 0) is 37.6 Å². The Kier molecular flexibility index (Phi) is 4.17. The minimum absolute atomic E-state index is 0.332. The fourth-order valence-electron chi connectivity index (χ4n) is 1.85. The van der Waals surface area contributed by atoms with Gasteiger partial charge in [0.15, 0.2) is 0 Å². The van der Waals surface area contributed by atoms with E-state index in [4.69, 9.17) is 5.73 Å². The first-order chi connectivity index (χ1) is 9.36. The number of hydrogen-bond acceptors (Lipinski definition) is 4. The molecule has 6 heteroatoms. The van der Waals surface area contributed by atoms with Gasteiger partial charge in [0.05, 0.1) is 5.69 Å². The van der Waals surface area contributed by atoms with E-state index in [1.54, 1.807) is 25.2 Å². The number of benzene rings is 1. The number of nitrogens with two attached hydrogens (primary N) is 1. The standard InChI is InChI=1S/C14H18N2O2S2/c1-10-4-6-12(7-5-10)16(3)20(17,18)14-8-11(2)13(9-15)19-14/h4-8H,9,15H2,1-3H3. The number of sulfonamides is 1. The zero-order valence-corrected chi connectivity index (χ0v) is 13.4. The lowest BCUT2D eigenvalue weighted by molar-refractivity contribution is 0.596. The SMILES string of the molecule is Cc1ccc(N(C)S(=O)(=O)c2cc(C)c(CN)s2)cc1. The summed E-state index contributed by atoms with van der Waals surface area (Å²) in [7, 11) is -1.95. The van der Waals surface area contributed by atoms with Crippen molar-refractivity contribution in [2.75, 3.05) is 11.4 Å². The maximum absolute atomic E-state index is 12.6. The van der Waals surface area contributed by atoms with Crippen molar-refractivity contribution in [2.24, 2.45) is 5.73 Å². The largest absolute Gasteiger partial charge is 0.326 e. The molecule has 108 valence electrons. The van der Waals surface area contributed by atoms with Crippen molar-refractivity contribution >= 4 is 27.0 Å². The van der Waals surface area contributed by atoms with E-state index in [2.05, 4.69) is 0 Å². The second-order valence-electron chi connectivity index (χ2n) is 4.68. The summed E-state index contributed by atoms with van der Waals surface area (Å²) in [5.74, 6) is 0. The summed E-state index contributed by atoms with van der Waals surface area (Å²) in [5, 5.41) is 0. The Morgan fingerprint density at radius 3 is 2.30 bits per heavy atom. The zero-order chi connectivity index (χ0) is 14.9. The minimum Gasteiger partial charge on any atom is -0.326 e. The Morgan fingerprint density at radius 2 is 1.80 bits per heavy atom. The van der Waals surface area contributed by atoms with E-state index in [1.807, 2.05) is 26.0 Å². The van der Waals surface area contributed by atoms with Crippen LogP contribution in [0.5, 0.6) is 0 Å². The topological polar surface area (TPSA) is 63.4 Å². The van der Waals surface area contributed by atoms with Gasteiger partial charge in [-0.1, -0.05) is 17.7 Å². The lowest BCUT2D eigenvalue weighted by Gasteiger charge is -2.18. The molecule has 2 aromatic rings. The molecule has 0 saturated carbocycles. The third-order valence-electron chi connectivity index (χ3n) is 3.20. The molecule has 0 bridgehead atoms. The predicted molar refractivity (Wildman–Crippen MR) is 83.7 cm³/mol. The highest BCUT2D eigenvalue weighted by Crippen LogP contribution is 2.30. The van der Waals surface area contributed by atoms with Crippen molar-refractivity contribution in [3.8, 4) is 0 Å². The first kappa shape index (κ1) is 15.0. The van der Waals surface area contributed by atoms with E-state index in [9.17, 15) is 8.42 Å². The molecule has 0 aliphatic heterocycles. The van der Waals surface area contributed by atoms with Crippen molar-refractivity contribution in [2.45, 2.75) is 24.6 Å². The van der Waals surface area contributed by atoms with E-state index in [-0.39, 0.29) is 0 Å². The number of rotatable bonds is 4. The average Bonchev–Trinajstić information content (AvgIpc) is 2.80. The second-order valence-corrected chi connectivity index (χ2v) is 8.02. The van der Waals surface area contributed by atoms with Crippen LogP contribution in [-0.4, -0.2) is 15.5 Å². The van der Waals surface area contributed by atoms with Crippen LogP contribution in [0.4, 0.5) is 5.69 Å². The van der Waals surface area contributed by atoms with E-state index >= 15 is 0 Å². The van der Waals surface area contributed by atoms with Crippen molar-refractivity contribution in [3.63, 3.8) is 0 Å². The fraction of sp³-hybridized carbons (Fsp3) is 0.286. The van der Waals surface area contributed by atoms with Gasteiger partial charge in [-0.15, -0.1) is 11.3 Å². The van der Waals surface area contributed by atoms with Gasteiger partial charge in [-0.25, -0.2) is 8.42 Å². The first-order valence-corrected chi connectivity index (χ1v) is 8.47. The van der Waals surface area contributed by atoms with Gasteiger partial charge in [-0.2, -0.15) is 0 Å². The Balaban J connectivity index is 2.40. The molecule has 0 aliphatic rings. The highest BCUT2D eigenvalue weighted by molar-refractivity contribution is 7.94. The van der Waals surface area contributed by atoms with Crippen LogP contribution in [0.1, 0.15) is 16.0 Å². The molecule has 2 N–H and O–H groups in total. The minimum atomic E-state index is -3.52. The van der Waals surface area contributed by atoms with Gasteiger partial charge in [0.25, 0.3) is 10.0 Å². The van der Waals surface area contributed by atoms with Gasteiger partial charge in [0.2, 0.25) is 0 Å². The van der Waals surface area contributed by atoms with Crippen molar-refractivity contribution in [1.29, 1.82) is 0 Å². The molecule has 0 spiro atoms. The van der Waals surface area contributed by atoms with Crippen molar-refractivity contribution < 1.29 is 8.42 Å². The Hall–Kier alpha value is -1.37. The third-order valence-corrected chi connectivity index (χ3v) is 6.69. The lowest BCUT2D eigenvalue weighted by Crippen LogP contribution is -2.25. The zero-order valence-electron chi connectivity index (χ0n) is 11.8. The van der Waals surface area contributed by atoms with Crippen molar-refractivity contribution in [1.82, 2.24) is 0 Å². The van der Waals surface area contributed by atoms with E-state index in [0.29, 0.717) is 16.4 Å². The Morgan fingerprint density at radius 1 is 1.20 bits per heavy atom. The van der Waals surface area contributed by atoms with Crippen LogP contribution in [0.15, 0.2) is 34.5 Å². The maximum atomic E-state index is 12.6. The Bertz CT molecular complexity index is 703. The molecular weight excluding hydrogens is 292 g/mol. The van der Waals surface area contributed by atoms with Gasteiger partial charge in [0, 0.05) is 18.5 Å². The monoisotopic (exact) mass is 310 g/mol. The van der Waals surface area contributed by atoms with Crippen LogP contribution < -0.4 is 10.0 Å². The highest BCUT2D eigenvalue weighted by Gasteiger charge is 2.24. The van der Waals surface area contributed by atoms with Gasteiger partial charge < -0.3 is 5.73 Å². The van der Waals surface area contributed by atoms with Gasteiger partial charge in [-0.3, -0.25) is 4.31 Å². The number of thiophene rings is 1. The second kappa shape index (κ2) is 5.55. The normalized spacial score (nSPS) is 11.6. The summed E-state index contributed by atoms with van der Waals surface area (Å²) in [4.78, 5) is 0.904. The van der Waals surface area contributed by atoms with E-state index < -0.39 is 10.0 Å². The third kappa shape index (κ3) is 2.72. The van der Waals surface area contributed by atoms with Crippen LogP contribution >= 0.6 is 11.3 Å². The first-order valence-electron chi connectivity index (χ1n) is 6.21. The molecule has 1 aromatic carbocycles. The quantitative estimate of drug-likeness (QED) is 0.944. The fourth-order valence-corrected chi connectivity index (χ4v) is 4.68. The average molecular weight is 310 g/mol. The van der Waals surface area contributed by atoms with Gasteiger partial charge in [0.1, 0.15) is 4.21 Å². The summed E-state index contributed by atoms with van der Waals surface area (Å²) in [6.07, 6.45) is 0. The lowest BCUT2D eigenvalue weighted by atomic mass is 10.2. The van der Waals surface area contributed by atoms with Crippen LogP contribution in [-0.2, 0) is 16.6 Å². The molecule has 0 amide bonds. The number of anilines is 1. The molecule has 0 aliphatic carbocycles. The molecule has 0 fully saturated rings. The molecule has 20 heavy (non-hydrogen) atoms. The molecule has 0 radical (unpaired) electrons. The Labute approximate surface area is 123 Å². The summed E-state index contributed by atoms with van der Waals surface area (Å²) < 4.78 is 26.8. The predicted octanol–water partition coefficient (Wildman–Crippen LogP) is 2.65. The summed E-state index contributed by atoms with van der Waals surface area (Å²) in [6, 6.07) is 9.08. The summed E-state index contributed by atoms with van der Waals surface area (Å²) >= 11 is 1.24. The van der Waals surface area contributed by atoms with Crippen LogP contribution in [0.25, 0.3) is 0 Å². The maximum Gasteiger partial charge on any atom is 0.273 e. The van der Waals surface area contributed by atoms with Crippen LogP contribution in [0.3, 0.4) is 0 Å². The summed E-state index contributed by atoms with van der Waals surface area (Å²) in [6.45, 7) is 4.21. The van der Waals surface area contributed by atoms with Gasteiger partial charge >= 0.3 is 0 Å². The number of hydrogen-bond donors (Lipinski definition) is 1. The van der Waals surface area contributed by atoms with Crippen LogP contribution in [0, 0.1) is 13.8 Å². The molecule has 1 aromatic heterocycles. The smallest absolute Gasteiger partial charge is 0.273 e. The molecule has 0 atom stereocenters. The molecule has 1 heterocycles. The van der Waals surface area contributed by atoms with E-state index in [1.165, 1.54) is 15.6 Å². The molecule has 2 rings (SSSR count). The summed E-state index contributed by atoms with van der Waals surface area (Å²) in [5.41, 5.74) is 8.28. The highest BCUT2D eigenvalue weighted by atomic mass is 32.2. The van der Waals surface area contributed by atoms with E-state index in [0.717, 1.165) is 16.0 Å². The molecular formula is C14H18N2O2S2. The molecule has 0 saturated heterocycles.